The van der Waals surface area contributed by atoms with Gasteiger partial charge in [-0.2, -0.15) is 5.26 Å². The molecule has 0 atom stereocenters. The van der Waals surface area contributed by atoms with Gasteiger partial charge in [0.15, 0.2) is 6.19 Å². The second kappa shape index (κ2) is 3.63. The van der Waals surface area contributed by atoms with Gasteiger partial charge >= 0.3 is 5.91 Å². The molecule has 0 radical (unpaired) electrons. The zero-order valence-corrected chi connectivity index (χ0v) is 7.35. The molecule has 0 fully saturated rings. The molecule has 66 valence electrons. The van der Waals surface area contributed by atoms with Crippen LogP contribution >= 0.6 is 0 Å². The fourth-order valence-electron chi connectivity index (χ4n) is 0.747. The van der Waals surface area contributed by atoms with Crippen molar-refractivity contribution in [3.63, 3.8) is 0 Å². The van der Waals surface area contributed by atoms with Gasteiger partial charge in [0.1, 0.15) is 0 Å². The number of nitriles is 1. The smallest absolute Gasteiger partial charge is 0.264 e. The molecular weight excluding hydrogens is 168 g/mol. The van der Waals surface area contributed by atoms with Gasteiger partial charge in [-0.3, -0.25) is 4.79 Å². The van der Waals surface area contributed by atoms with E-state index in [-0.39, 0.29) is 5.82 Å². The minimum absolute atomic E-state index is 0.0454. The fraction of sp³-hybridized carbons (Fsp3) is 0.250. The van der Waals surface area contributed by atoms with Crippen molar-refractivity contribution in [1.82, 2.24) is 14.9 Å². The highest BCUT2D eigenvalue weighted by atomic mass is 16.2. The first-order valence-corrected chi connectivity index (χ1v) is 3.62. The number of aryl methyl sites for hydroxylation is 1. The van der Waals surface area contributed by atoms with Crippen molar-refractivity contribution in [2.24, 2.45) is 0 Å². The number of carbonyl (C=O) groups excluding carboxylic acids is 1. The molecule has 1 aromatic rings. The Hall–Kier alpha value is -1.96. The average Bonchev–Trinajstić information content (AvgIpc) is 2.15. The Morgan fingerprint density at radius 1 is 1.69 bits per heavy atom. The van der Waals surface area contributed by atoms with Crippen LogP contribution in [-0.4, -0.2) is 27.8 Å². The summed E-state index contributed by atoms with van der Waals surface area (Å²) in [5.74, 6) is -0.449. The molecular formula is C8H8N4O. The molecule has 13 heavy (non-hydrogen) atoms. The minimum Gasteiger partial charge on any atom is -0.264 e. The van der Waals surface area contributed by atoms with Gasteiger partial charge in [-0.05, 0) is 13.0 Å². The van der Waals surface area contributed by atoms with E-state index in [2.05, 4.69) is 9.97 Å². The molecule has 0 bridgehead atoms. The normalized spacial score (nSPS) is 9.00. The number of amides is 1. The van der Waals surface area contributed by atoms with E-state index in [1.165, 1.54) is 13.2 Å². The lowest BCUT2D eigenvalue weighted by molar-refractivity contribution is 0.0846. The maximum absolute atomic E-state index is 11.3. The molecule has 5 heteroatoms. The summed E-state index contributed by atoms with van der Waals surface area (Å²) >= 11 is 0. The van der Waals surface area contributed by atoms with Crippen LogP contribution in [0.4, 0.5) is 0 Å². The van der Waals surface area contributed by atoms with E-state index < -0.39 is 5.91 Å². The van der Waals surface area contributed by atoms with E-state index in [1.807, 2.05) is 0 Å². The van der Waals surface area contributed by atoms with Crippen molar-refractivity contribution in [3.8, 4) is 6.19 Å². The van der Waals surface area contributed by atoms with Gasteiger partial charge in [0.25, 0.3) is 0 Å². The summed E-state index contributed by atoms with van der Waals surface area (Å²) in [6.45, 7) is 1.75. The Bertz CT molecular complexity index is 369. The van der Waals surface area contributed by atoms with Gasteiger partial charge in [0.2, 0.25) is 5.82 Å². The first-order chi connectivity index (χ1) is 6.15. The Morgan fingerprint density at radius 3 is 2.92 bits per heavy atom. The van der Waals surface area contributed by atoms with E-state index in [1.54, 1.807) is 19.2 Å². The Morgan fingerprint density at radius 2 is 2.38 bits per heavy atom. The molecule has 0 aliphatic carbocycles. The monoisotopic (exact) mass is 176 g/mol. The van der Waals surface area contributed by atoms with E-state index in [0.717, 1.165) is 4.90 Å². The molecule has 0 aliphatic heterocycles. The van der Waals surface area contributed by atoms with Crippen LogP contribution in [0.3, 0.4) is 0 Å². The number of carbonyl (C=O) groups is 1. The van der Waals surface area contributed by atoms with E-state index in [9.17, 15) is 4.79 Å². The molecule has 1 amide bonds. The quantitative estimate of drug-likeness (QED) is 0.457. The maximum Gasteiger partial charge on any atom is 0.304 e. The van der Waals surface area contributed by atoms with Crippen molar-refractivity contribution < 1.29 is 4.79 Å². The number of aromatic nitrogens is 2. The van der Waals surface area contributed by atoms with E-state index >= 15 is 0 Å². The fourth-order valence-corrected chi connectivity index (χ4v) is 0.747. The van der Waals surface area contributed by atoms with Crippen LogP contribution in [0, 0.1) is 18.4 Å². The molecule has 1 heterocycles. The van der Waals surface area contributed by atoms with Gasteiger partial charge in [-0.25, -0.2) is 14.9 Å². The third-order valence-electron chi connectivity index (χ3n) is 1.44. The van der Waals surface area contributed by atoms with Gasteiger partial charge in [0.05, 0.1) is 0 Å². The van der Waals surface area contributed by atoms with Crippen LogP contribution in [0.15, 0.2) is 12.3 Å². The summed E-state index contributed by atoms with van der Waals surface area (Å²) in [6, 6.07) is 1.68. The molecule has 0 saturated carbocycles. The topological polar surface area (TPSA) is 69.9 Å². The molecule has 0 saturated heterocycles. The van der Waals surface area contributed by atoms with E-state index in [4.69, 9.17) is 5.26 Å². The van der Waals surface area contributed by atoms with Crippen LogP contribution in [-0.2, 0) is 0 Å². The summed E-state index contributed by atoms with van der Waals surface area (Å²) in [5.41, 5.74) is 0.699. The van der Waals surface area contributed by atoms with Crippen LogP contribution in [0.25, 0.3) is 0 Å². The first kappa shape index (κ1) is 9.13. The molecule has 0 N–H and O–H groups in total. The highest BCUT2D eigenvalue weighted by Crippen LogP contribution is 1.96. The third-order valence-corrected chi connectivity index (χ3v) is 1.44. The predicted octanol–water partition coefficient (Wildman–Crippen LogP) is 0.338. The molecule has 1 rings (SSSR count). The lowest BCUT2D eigenvalue weighted by atomic mass is 10.4. The molecule has 5 nitrogen and oxygen atoms in total. The Balaban J connectivity index is 2.97. The molecule has 0 aliphatic rings. The summed E-state index contributed by atoms with van der Waals surface area (Å²) in [6.07, 6.45) is 3.17. The van der Waals surface area contributed by atoms with Crippen LogP contribution in [0.2, 0.25) is 0 Å². The van der Waals surface area contributed by atoms with Crippen LogP contribution in [0.5, 0.6) is 0 Å². The summed E-state index contributed by atoms with van der Waals surface area (Å²) in [5, 5.41) is 8.44. The Labute approximate surface area is 75.6 Å². The van der Waals surface area contributed by atoms with Gasteiger partial charge in [-0.1, -0.05) is 0 Å². The highest BCUT2D eigenvalue weighted by molar-refractivity contribution is 5.91. The predicted molar refractivity (Wildman–Crippen MR) is 44.5 cm³/mol. The number of nitrogens with zero attached hydrogens (tertiary/aromatic N) is 4. The Kier molecular flexibility index (Phi) is 2.55. The molecule has 1 aromatic heterocycles. The lowest BCUT2D eigenvalue weighted by Gasteiger charge is -2.04. The number of hydrogen-bond donors (Lipinski definition) is 0. The zero-order valence-electron chi connectivity index (χ0n) is 7.35. The SMILES string of the molecule is Cc1ccnc(C(=O)N(C)C#N)n1. The van der Waals surface area contributed by atoms with Crippen molar-refractivity contribution in [3.05, 3.63) is 23.8 Å². The largest absolute Gasteiger partial charge is 0.304 e. The van der Waals surface area contributed by atoms with Crippen LogP contribution in [0.1, 0.15) is 16.3 Å². The lowest BCUT2D eigenvalue weighted by Crippen LogP contribution is -2.23. The molecule has 0 unspecified atom stereocenters. The molecule has 0 aromatic carbocycles. The summed E-state index contributed by atoms with van der Waals surface area (Å²) in [7, 11) is 1.37. The van der Waals surface area contributed by atoms with Crippen molar-refractivity contribution in [2.45, 2.75) is 6.92 Å². The summed E-state index contributed by atoms with van der Waals surface area (Å²) in [4.78, 5) is 19.8. The molecule has 0 spiro atoms. The number of rotatable bonds is 1. The van der Waals surface area contributed by atoms with Crippen molar-refractivity contribution >= 4 is 5.91 Å². The van der Waals surface area contributed by atoms with Gasteiger partial charge < -0.3 is 0 Å². The van der Waals surface area contributed by atoms with Gasteiger partial charge in [0, 0.05) is 18.9 Å². The zero-order chi connectivity index (χ0) is 9.84. The van der Waals surface area contributed by atoms with Crippen LogP contribution < -0.4 is 0 Å². The summed E-state index contributed by atoms with van der Waals surface area (Å²) < 4.78 is 0. The highest BCUT2D eigenvalue weighted by Gasteiger charge is 2.13. The second-order valence-corrected chi connectivity index (χ2v) is 2.49. The van der Waals surface area contributed by atoms with Crippen molar-refractivity contribution in [2.75, 3.05) is 7.05 Å². The minimum atomic E-state index is -0.494. The average molecular weight is 176 g/mol. The van der Waals surface area contributed by atoms with Gasteiger partial charge in [-0.15, -0.1) is 0 Å². The third kappa shape index (κ3) is 1.99. The van der Waals surface area contributed by atoms with Crippen molar-refractivity contribution in [1.29, 1.82) is 5.26 Å². The number of hydrogen-bond acceptors (Lipinski definition) is 4. The first-order valence-electron chi connectivity index (χ1n) is 3.62. The second-order valence-electron chi connectivity index (χ2n) is 2.49. The standard InChI is InChI=1S/C8H8N4O/c1-6-3-4-10-7(11-6)8(13)12(2)5-9/h3-4H,1-2H3. The van der Waals surface area contributed by atoms with E-state index in [0.29, 0.717) is 5.69 Å². The maximum atomic E-state index is 11.3.